The van der Waals surface area contributed by atoms with Gasteiger partial charge in [-0.1, -0.05) is 66.2 Å². The van der Waals surface area contributed by atoms with Gasteiger partial charge in [-0.2, -0.15) is 0 Å². The molecule has 0 bridgehead atoms. The van der Waals surface area contributed by atoms with Crippen molar-refractivity contribution in [3.05, 3.63) is 101 Å². The van der Waals surface area contributed by atoms with Gasteiger partial charge in [-0.3, -0.25) is 14.5 Å². The summed E-state index contributed by atoms with van der Waals surface area (Å²) in [7, 11) is 0. The lowest BCUT2D eigenvalue weighted by Gasteiger charge is -2.36. The number of fused-ring (bicyclic) bond motifs is 1. The predicted octanol–water partition coefficient (Wildman–Crippen LogP) is 6.90. The molecule has 2 fully saturated rings. The number of ketones is 1. The van der Waals surface area contributed by atoms with E-state index in [1.165, 1.54) is 0 Å². The Balaban J connectivity index is 1.37. The molecule has 0 spiro atoms. The summed E-state index contributed by atoms with van der Waals surface area (Å²) in [6.07, 6.45) is 4.29. The molecule has 6 rings (SSSR count). The van der Waals surface area contributed by atoms with Crippen LogP contribution in [-0.2, 0) is 20.9 Å². The van der Waals surface area contributed by atoms with Crippen molar-refractivity contribution in [3.8, 4) is 0 Å². The number of hydrogen-bond donors (Lipinski definition) is 1. The smallest absolute Gasteiger partial charge is 0.225 e. The van der Waals surface area contributed by atoms with E-state index in [-0.39, 0.29) is 18.1 Å². The van der Waals surface area contributed by atoms with Gasteiger partial charge >= 0.3 is 0 Å². The van der Waals surface area contributed by atoms with E-state index in [9.17, 15) is 9.59 Å². The molecule has 1 aromatic heterocycles. The van der Waals surface area contributed by atoms with Gasteiger partial charge in [0.1, 0.15) is 4.75 Å². The molecule has 0 saturated carbocycles. The molecule has 2 aliphatic heterocycles. The lowest BCUT2D eigenvalue weighted by molar-refractivity contribution is -0.129. The molecule has 1 N–H and O–H groups in total. The number of benzene rings is 3. The minimum absolute atomic E-state index is 0.00253. The Morgan fingerprint density at radius 1 is 1.00 bits per heavy atom. The number of aromatic amines is 1. The second-order valence-electron chi connectivity index (χ2n) is 11.2. The number of aromatic nitrogens is 1. The van der Waals surface area contributed by atoms with Gasteiger partial charge in [0.2, 0.25) is 5.91 Å². The maximum atomic E-state index is 14.6. The second-order valence-corrected chi connectivity index (χ2v) is 13.0. The molecule has 4 aromatic rings. The van der Waals surface area contributed by atoms with Gasteiger partial charge in [0, 0.05) is 58.6 Å². The van der Waals surface area contributed by atoms with Gasteiger partial charge in [-0.15, -0.1) is 11.8 Å². The van der Waals surface area contributed by atoms with E-state index in [2.05, 4.69) is 9.88 Å². The Morgan fingerprint density at radius 2 is 1.74 bits per heavy atom. The van der Waals surface area contributed by atoms with Crippen LogP contribution in [-0.4, -0.2) is 64.1 Å². The average molecular weight is 602 g/mol. The Labute approximate surface area is 256 Å². The number of likely N-dealkylation sites (tertiary alicyclic amines) is 1. The molecular formula is C34H36ClN3O3S. The first-order valence-electron chi connectivity index (χ1n) is 14.7. The normalized spacial score (nSPS) is 21.3. The highest BCUT2D eigenvalue weighted by Crippen LogP contribution is 2.55. The molecule has 0 unspecified atom stereocenters. The largest absolute Gasteiger partial charge is 0.379 e. The van der Waals surface area contributed by atoms with Crippen LogP contribution in [0.1, 0.15) is 42.9 Å². The van der Waals surface area contributed by atoms with Crippen LogP contribution in [0, 0.1) is 0 Å². The van der Waals surface area contributed by atoms with Gasteiger partial charge in [-0.05, 0) is 49.2 Å². The summed E-state index contributed by atoms with van der Waals surface area (Å²) in [5.41, 5.74) is 2.89. The number of hydrogen-bond acceptors (Lipinski definition) is 5. The zero-order valence-corrected chi connectivity index (χ0v) is 25.2. The fourth-order valence-electron chi connectivity index (χ4n) is 6.30. The summed E-state index contributed by atoms with van der Waals surface area (Å²) in [4.78, 5) is 37.3. The first-order chi connectivity index (χ1) is 20.5. The Hall–Kier alpha value is -3.10. The lowest BCUT2D eigenvalue weighted by atomic mass is 9.86. The van der Waals surface area contributed by atoms with E-state index in [1.54, 1.807) is 11.8 Å². The van der Waals surface area contributed by atoms with Gasteiger partial charge in [-0.25, -0.2) is 0 Å². The molecule has 3 aromatic carbocycles. The number of amides is 1. The topological polar surface area (TPSA) is 65.6 Å². The minimum Gasteiger partial charge on any atom is -0.379 e. The van der Waals surface area contributed by atoms with E-state index >= 15 is 0 Å². The standard InChI is InChI=1S/C34H36ClN3O3S/c35-26-14-15-28-29(23-36-30(28)21-26)33-34(42-27-11-5-2-6-12-27,22-32(40)38(33)24-25-9-3-1-4-10-25)31(39)13-7-8-16-37-17-19-41-20-18-37/h1-6,9-12,14-15,21,23,33,36H,7-8,13,16-20,22,24H2/t33-,34+/m0/s1. The van der Waals surface area contributed by atoms with Crippen LogP contribution in [0.25, 0.3) is 10.9 Å². The number of rotatable bonds is 11. The van der Waals surface area contributed by atoms with Crippen molar-refractivity contribution in [3.63, 3.8) is 0 Å². The van der Waals surface area contributed by atoms with Crippen LogP contribution >= 0.6 is 23.4 Å². The molecule has 42 heavy (non-hydrogen) atoms. The van der Waals surface area contributed by atoms with Crippen molar-refractivity contribution >= 4 is 46.0 Å². The number of ether oxygens (including phenoxy) is 1. The molecule has 8 heteroatoms. The summed E-state index contributed by atoms with van der Waals surface area (Å²) in [6.45, 7) is 4.82. The van der Waals surface area contributed by atoms with Crippen molar-refractivity contribution in [1.82, 2.24) is 14.8 Å². The first-order valence-corrected chi connectivity index (χ1v) is 15.9. The van der Waals surface area contributed by atoms with Crippen molar-refractivity contribution < 1.29 is 14.3 Å². The number of thioether (sulfide) groups is 1. The Morgan fingerprint density at radius 3 is 2.50 bits per heavy atom. The highest BCUT2D eigenvalue weighted by molar-refractivity contribution is 8.01. The third-order valence-corrected chi connectivity index (χ3v) is 10.1. The number of Topliss-reactive ketones (excluding diaryl/α,β-unsaturated/α-hetero) is 1. The highest BCUT2D eigenvalue weighted by atomic mass is 35.5. The number of carbonyl (C=O) groups is 2. The van der Waals surface area contributed by atoms with Gasteiger partial charge in [0.05, 0.1) is 25.7 Å². The molecule has 3 heterocycles. The number of nitrogens with zero attached hydrogens (tertiary/aromatic N) is 2. The second kappa shape index (κ2) is 13.0. The monoisotopic (exact) mass is 601 g/mol. The molecule has 0 aliphatic carbocycles. The number of unbranched alkanes of at least 4 members (excludes halogenated alkanes) is 1. The number of halogens is 1. The maximum Gasteiger partial charge on any atom is 0.225 e. The van der Waals surface area contributed by atoms with Crippen LogP contribution in [0.15, 0.2) is 90.0 Å². The predicted molar refractivity (Wildman–Crippen MR) is 169 cm³/mol. The maximum absolute atomic E-state index is 14.6. The third kappa shape index (κ3) is 6.16. The number of morpholine rings is 1. The molecule has 218 valence electrons. The lowest BCUT2D eigenvalue weighted by Crippen LogP contribution is -2.42. The van der Waals surface area contributed by atoms with E-state index < -0.39 is 10.8 Å². The van der Waals surface area contributed by atoms with Crippen molar-refractivity contribution in [2.45, 2.75) is 47.9 Å². The Bertz CT molecular complexity index is 1520. The van der Waals surface area contributed by atoms with E-state index in [0.717, 1.165) is 72.6 Å². The fraction of sp³-hybridized carbons (Fsp3) is 0.353. The van der Waals surface area contributed by atoms with Crippen LogP contribution in [0.2, 0.25) is 5.02 Å². The summed E-state index contributed by atoms with van der Waals surface area (Å²) in [5.74, 6) is 0.132. The molecule has 2 aliphatic rings. The van der Waals surface area contributed by atoms with Crippen LogP contribution in [0.5, 0.6) is 0 Å². The van der Waals surface area contributed by atoms with E-state index in [0.29, 0.717) is 18.0 Å². The number of nitrogens with one attached hydrogen (secondary N) is 1. The van der Waals surface area contributed by atoms with Gasteiger partial charge in [0.25, 0.3) is 0 Å². The number of H-pyrrole nitrogens is 1. The molecule has 0 radical (unpaired) electrons. The first kappa shape index (κ1) is 29.0. The highest BCUT2D eigenvalue weighted by Gasteiger charge is 2.57. The van der Waals surface area contributed by atoms with Crippen molar-refractivity contribution in [2.75, 3.05) is 32.8 Å². The SMILES string of the molecule is O=C1C[C@@](Sc2ccccc2)(C(=O)CCCCN2CCOCC2)[C@H](c2c[nH]c3cc(Cl)ccc23)N1Cc1ccccc1. The molecule has 6 nitrogen and oxygen atoms in total. The molecule has 2 atom stereocenters. The summed E-state index contributed by atoms with van der Waals surface area (Å²) in [5, 5.41) is 1.62. The van der Waals surface area contributed by atoms with Gasteiger partial charge in [0.15, 0.2) is 5.78 Å². The van der Waals surface area contributed by atoms with Gasteiger partial charge < -0.3 is 14.6 Å². The van der Waals surface area contributed by atoms with E-state index in [4.69, 9.17) is 16.3 Å². The van der Waals surface area contributed by atoms with Crippen molar-refractivity contribution in [1.29, 1.82) is 0 Å². The summed E-state index contributed by atoms with van der Waals surface area (Å²) >= 11 is 7.88. The Kier molecular flexibility index (Phi) is 9.00. The zero-order valence-electron chi connectivity index (χ0n) is 23.6. The summed E-state index contributed by atoms with van der Waals surface area (Å²) < 4.78 is 4.51. The third-order valence-electron chi connectivity index (χ3n) is 8.40. The average Bonchev–Trinajstić information content (AvgIpc) is 3.54. The molecule has 1 amide bonds. The van der Waals surface area contributed by atoms with E-state index in [1.807, 2.05) is 90.0 Å². The van der Waals surface area contributed by atoms with Crippen molar-refractivity contribution in [2.24, 2.45) is 0 Å². The van der Waals surface area contributed by atoms with Crippen LogP contribution < -0.4 is 0 Å². The minimum atomic E-state index is -0.971. The number of carbonyl (C=O) groups excluding carboxylic acids is 2. The fourth-order valence-corrected chi connectivity index (χ4v) is 7.96. The molecular weight excluding hydrogens is 566 g/mol. The summed E-state index contributed by atoms with van der Waals surface area (Å²) in [6, 6.07) is 25.4. The zero-order chi connectivity index (χ0) is 28.9. The van der Waals surface area contributed by atoms with Crippen LogP contribution in [0.3, 0.4) is 0 Å². The quantitative estimate of drug-likeness (QED) is 0.190. The molecule has 2 saturated heterocycles. The van der Waals surface area contributed by atoms with Crippen LogP contribution in [0.4, 0.5) is 0 Å².